The fourth-order valence-electron chi connectivity index (χ4n) is 2.02. The van der Waals surface area contributed by atoms with E-state index in [9.17, 15) is 0 Å². The Kier molecular flexibility index (Phi) is 9.74. The summed E-state index contributed by atoms with van der Waals surface area (Å²) in [4.78, 5) is 2.43. The third-order valence-corrected chi connectivity index (χ3v) is 2.81. The minimum Gasteiger partial charge on any atom is -0.382 e. The molecule has 0 aliphatic rings. The molecule has 0 saturated carbocycles. The Labute approximate surface area is 107 Å². The summed E-state index contributed by atoms with van der Waals surface area (Å²) in [6.45, 7) is 12.1. The Balaban J connectivity index is 3.91. The number of nitrogens with zero attached hydrogens (tertiary/aromatic N) is 1. The Bertz CT molecular complexity index is 161. The van der Waals surface area contributed by atoms with Crippen molar-refractivity contribution in [3.63, 3.8) is 0 Å². The number of hydrogen-bond donors (Lipinski definition) is 1. The smallest absolute Gasteiger partial charge is 0.0932 e. The zero-order valence-corrected chi connectivity index (χ0v) is 12.3. The average Bonchev–Trinajstić information content (AvgIpc) is 2.23. The zero-order valence-electron chi connectivity index (χ0n) is 12.3. The predicted octanol–water partition coefficient (Wildman–Crippen LogP) is 1.36. The van der Waals surface area contributed by atoms with Gasteiger partial charge in [-0.1, -0.05) is 0 Å². The van der Waals surface area contributed by atoms with Crippen LogP contribution in [-0.4, -0.2) is 63.5 Å². The first-order chi connectivity index (χ1) is 8.02. The van der Waals surface area contributed by atoms with Crippen molar-refractivity contribution >= 4 is 0 Å². The van der Waals surface area contributed by atoms with E-state index in [1.54, 1.807) is 7.11 Å². The molecule has 0 aromatic carbocycles. The fraction of sp³-hybridized carbons (Fsp3) is 1.00. The molecule has 1 unspecified atom stereocenters. The van der Waals surface area contributed by atoms with Crippen LogP contribution in [0.5, 0.6) is 0 Å². The number of ether oxygens (including phenoxy) is 2. The molecule has 0 saturated heterocycles. The second-order valence-electron chi connectivity index (χ2n) is 4.93. The van der Waals surface area contributed by atoms with E-state index in [0.717, 1.165) is 19.7 Å². The van der Waals surface area contributed by atoms with Gasteiger partial charge in [0.05, 0.1) is 19.3 Å². The van der Waals surface area contributed by atoms with Gasteiger partial charge in [0.1, 0.15) is 0 Å². The molecule has 0 rings (SSSR count). The van der Waals surface area contributed by atoms with Gasteiger partial charge in [-0.05, 0) is 34.7 Å². The molecule has 4 nitrogen and oxygen atoms in total. The Morgan fingerprint density at radius 3 is 2.12 bits per heavy atom. The van der Waals surface area contributed by atoms with Crippen molar-refractivity contribution in [2.24, 2.45) is 0 Å². The van der Waals surface area contributed by atoms with E-state index >= 15 is 0 Å². The Morgan fingerprint density at radius 2 is 1.71 bits per heavy atom. The third-order valence-electron chi connectivity index (χ3n) is 2.81. The molecule has 104 valence electrons. The molecule has 0 heterocycles. The lowest BCUT2D eigenvalue weighted by Crippen LogP contribution is -2.41. The molecule has 0 fully saturated rings. The van der Waals surface area contributed by atoms with Gasteiger partial charge < -0.3 is 14.8 Å². The maximum atomic E-state index is 5.82. The van der Waals surface area contributed by atoms with Crippen LogP contribution in [0.2, 0.25) is 0 Å². The second kappa shape index (κ2) is 9.83. The highest BCUT2D eigenvalue weighted by Gasteiger charge is 2.14. The summed E-state index contributed by atoms with van der Waals surface area (Å²) in [6.07, 6.45) is 0.145. The molecule has 0 spiro atoms. The van der Waals surface area contributed by atoms with E-state index < -0.39 is 0 Å². The summed E-state index contributed by atoms with van der Waals surface area (Å²) < 4.78 is 11.0. The topological polar surface area (TPSA) is 33.7 Å². The number of methoxy groups -OCH3 is 1. The predicted molar refractivity (Wildman–Crippen MR) is 72.5 cm³/mol. The van der Waals surface area contributed by atoms with Crippen molar-refractivity contribution in [1.29, 1.82) is 0 Å². The van der Waals surface area contributed by atoms with Crippen LogP contribution in [-0.2, 0) is 9.47 Å². The van der Waals surface area contributed by atoms with Gasteiger partial charge in [-0.2, -0.15) is 0 Å². The third kappa shape index (κ3) is 7.71. The zero-order chi connectivity index (χ0) is 13.3. The molecule has 0 aromatic rings. The normalized spacial score (nSPS) is 13.9. The van der Waals surface area contributed by atoms with Gasteiger partial charge >= 0.3 is 0 Å². The second-order valence-corrected chi connectivity index (χ2v) is 4.93. The summed E-state index contributed by atoms with van der Waals surface area (Å²) in [5.74, 6) is 0. The van der Waals surface area contributed by atoms with Crippen LogP contribution in [0, 0.1) is 0 Å². The van der Waals surface area contributed by atoms with Crippen molar-refractivity contribution in [3.05, 3.63) is 0 Å². The first-order valence-electron chi connectivity index (χ1n) is 6.53. The van der Waals surface area contributed by atoms with Gasteiger partial charge in [0, 0.05) is 32.3 Å². The highest BCUT2D eigenvalue weighted by atomic mass is 16.5. The van der Waals surface area contributed by atoms with Gasteiger partial charge in [0.15, 0.2) is 0 Å². The molecule has 1 N–H and O–H groups in total. The Hall–Kier alpha value is -0.160. The molecule has 0 aromatic heterocycles. The number of likely N-dealkylation sites (N-methyl/N-ethyl adjacent to an activating group) is 1. The van der Waals surface area contributed by atoms with E-state index in [2.05, 4.69) is 37.9 Å². The first kappa shape index (κ1) is 16.8. The minimum atomic E-state index is 0.145. The summed E-state index contributed by atoms with van der Waals surface area (Å²) >= 11 is 0. The van der Waals surface area contributed by atoms with Crippen LogP contribution >= 0.6 is 0 Å². The standard InChI is InChI=1S/C13H30N2O2/c1-11(2)15(12(3)4)7-8-17-13(9-14-5)10-16-6/h11-14H,7-10H2,1-6H3. The van der Waals surface area contributed by atoms with Crippen molar-refractivity contribution in [2.45, 2.75) is 45.9 Å². The molecule has 0 aliphatic carbocycles. The molecule has 4 heteroatoms. The first-order valence-corrected chi connectivity index (χ1v) is 6.53. The summed E-state index contributed by atoms with van der Waals surface area (Å²) in [5, 5.41) is 3.12. The fourth-order valence-corrected chi connectivity index (χ4v) is 2.02. The van der Waals surface area contributed by atoms with Crippen molar-refractivity contribution < 1.29 is 9.47 Å². The summed E-state index contributed by atoms with van der Waals surface area (Å²) in [7, 11) is 3.64. The van der Waals surface area contributed by atoms with Crippen molar-refractivity contribution in [1.82, 2.24) is 10.2 Å². The molecule has 17 heavy (non-hydrogen) atoms. The van der Waals surface area contributed by atoms with Crippen LogP contribution in [0.3, 0.4) is 0 Å². The van der Waals surface area contributed by atoms with Gasteiger partial charge in [-0.3, -0.25) is 4.90 Å². The SMILES string of the molecule is CNCC(COC)OCCN(C(C)C)C(C)C. The van der Waals surface area contributed by atoms with E-state index in [4.69, 9.17) is 9.47 Å². The molecular weight excluding hydrogens is 216 g/mol. The average molecular weight is 246 g/mol. The Morgan fingerprint density at radius 1 is 1.12 bits per heavy atom. The lowest BCUT2D eigenvalue weighted by molar-refractivity contribution is -0.0139. The van der Waals surface area contributed by atoms with Crippen LogP contribution in [0.1, 0.15) is 27.7 Å². The molecule has 0 radical (unpaired) electrons. The molecule has 1 atom stereocenters. The molecule has 0 amide bonds. The van der Waals surface area contributed by atoms with E-state index in [-0.39, 0.29) is 6.10 Å². The lowest BCUT2D eigenvalue weighted by atomic mass is 10.2. The van der Waals surface area contributed by atoms with Crippen LogP contribution in [0.25, 0.3) is 0 Å². The van der Waals surface area contributed by atoms with Crippen molar-refractivity contribution in [2.75, 3.05) is 40.5 Å². The highest BCUT2D eigenvalue weighted by molar-refractivity contribution is 4.67. The monoisotopic (exact) mass is 246 g/mol. The maximum absolute atomic E-state index is 5.82. The largest absolute Gasteiger partial charge is 0.382 e. The van der Waals surface area contributed by atoms with Crippen molar-refractivity contribution in [3.8, 4) is 0 Å². The minimum absolute atomic E-state index is 0.145. The number of hydrogen-bond acceptors (Lipinski definition) is 4. The van der Waals surface area contributed by atoms with Gasteiger partial charge in [0.25, 0.3) is 0 Å². The van der Waals surface area contributed by atoms with Crippen LogP contribution in [0.4, 0.5) is 0 Å². The van der Waals surface area contributed by atoms with Crippen LogP contribution in [0.15, 0.2) is 0 Å². The summed E-state index contributed by atoms with van der Waals surface area (Å²) in [6, 6.07) is 1.12. The van der Waals surface area contributed by atoms with Crippen LogP contribution < -0.4 is 5.32 Å². The highest BCUT2D eigenvalue weighted by Crippen LogP contribution is 2.04. The summed E-state index contributed by atoms with van der Waals surface area (Å²) in [5.41, 5.74) is 0. The van der Waals surface area contributed by atoms with Gasteiger partial charge in [-0.25, -0.2) is 0 Å². The van der Waals surface area contributed by atoms with E-state index in [1.807, 2.05) is 7.05 Å². The lowest BCUT2D eigenvalue weighted by Gasteiger charge is -2.31. The maximum Gasteiger partial charge on any atom is 0.0932 e. The molecular formula is C13H30N2O2. The van der Waals surface area contributed by atoms with E-state index in [0.29, 0.717) is 18.7 Å². The molecule has 0 aliphatic heterocycles. The number of nitrogens with one attached hydrogen (secondary N) is 1. The van der Waals surface area contributed by atoms with E-state index in [1.165, 1.54) is 0 Å². The van der Waals surface area contributed by atoms with Gasteiger partial charge in [-0.15, -0.1) is 0 Å². The van der Waals surface area contributed by atoms with Gasteiger partial charge in [0.2, 0.25) is 0 Å². The quantitative estimate of drug-likeness (QED) is 0.631. The number of rotatable bonds is 10. The molecule has 0 bridgehead atoms.